The zero-order chi connectivity index (χ0) is 13.0. The van der Waals surface area contributed by atoms with Crippen molar-refractivity contribution in [1.82, 2.24) is 9.21 Å². The highest BCUT2D eigenvalue weighted by Gasteiger charge is 2.55. The largest absolute Gasteiger partial charge is 0.362 e. The Labute approximate surface area is 107 Å². The van der Waals surface area contributed by atoms with E-state index in [0.29, 0.717) is 17.3 Å². The van der Waals surface area contributed by atoms with Crippen LogP contribution < -0.4 is 0 Å². The topological polar surface area (TPSA) is 95.0 Å². The molecule has 7 nitrogen and oxygen atoms in total. The highest BCUT2D eigenvalue weighted by Crippen LogP contribution is 2.31. The number of rotatable bonds is 2. The summed E-state index contributed by atoms with van der Waals surface area (Å²) in [5.41, 5.74) is 0. The SMILES string of the molecule is C[C@H]1[C@H](N2CC(Br)CC2=O)C(=O)N1S(=O)(=O)O. The van der Waals surface area contributed by atoms with Gasteiger partial charge in [-0.3, -0.25) is 14.1 Å². The Kier molecular flexibility index (Phi) is 2.95. The summed E-state index contributed by atoms with van der Waals surface area (Å²) in [6.45, 7) is 1.85. The number of halogens is 1. The van der Waals surface area contributed by atoms with Crippen LogP contribution in [0.1, 0.15) is 13.3 Å². The van der Waals surface area contributed by atoms with Gasteiger partial charge in [0.15, 0.2) is 0 Å². The molecule has 2 saturated heterocycles. The van der Waals surface area contributed by atoms with Crippen molar-refractivity contribution in [2.24, 2.45) is 0 Å². The summed E-state index contributed by atoms with van der Waals surface area (Å²) < 4.78 is 31.0. The maximum atomic E-state index is 11.6. The second-order valence-electron chi connectivity index (χ2n) is 4.14. The Bertz CT molecular complexity index is 478. The molecule has 2 aliphatic heterocycles. The summed E-state index contributed by atoms with van der Waals surface area (Å²) in [4.78, 5) is 24.6. The minimum Gasteiger partial charge on any atom is -0.327 e. The molecule has 0 aliphatic carbocycles. The van der Waals surface area contributed by atoms with E-state index < -0.39 is 28.3 Å². The van der Waals surface area contributed by atoms with Crippen LogP contribution in [0.2, 0.25) is 0 Å². The second-order valence-corrected chi connectivity index (χ2v) is 6.73. The van der Waals surface area contributed by atoms with Crippen molar-refractivity contribution < 1.29 is 22.6 Å². The molecule has 2 fully saturated rings. The Balaban J connectivity index is 2.17. The van der Waals surface area contributed by atoms with Gasteiger partial charge in [-0.1, -0.05) is 15.9 Å². The Morgan fingerprint density at radius 2 is 2.00 bits per heavy atom. The molecule has 2 amide bonds. The van der Waals surface area contributed by atoms with Crippen LogP contribution in [-0.2, 0) is 19.9 Å². The molecule has 3 atom stereocenters. The molecule has 1 N–H and O–H groups in total. The van der Waals surface area contributed by atoms with Crippen LogP contribution >= 0.6 is 15.9 Å². The molecule has 17 heavy (non-hydrogen) atoms. The molecule has 0 saturated carbocycles. The van der Waals surface area contributed by atoms with E-state index >= 15 is 0 Å². The van der Waals surface area contributed by atoms with Gasteiger partial charge in [-0.05, 0) is 6.92 Å². The minimum absolute atomic E-state index is 0.0187. The summed E-state index contributed by atoms with van der Waals surface area (Å²) in [6, 6.07) is -1.51. The van der Waals surface area contributed by atoms with Gasteiger partial charge in [0.1, 0.15) is 6.04 Å². The molecule has 0 bridgehead atoms. The van der Waals surface area contributed by atoms with Crippen LogP contribution in [0.15, 0.2) is 0 Å². The van der Waals surface area contributed by atoms with Gasteiger partial charge < -0.3 is 4.90 Å². The van der Waals surface area contributed by atoms with Crippen molar-refractivity contribution in [2.75, 3.05) is 6.54 Å². The van der Waals surface area contributed by atoms with Crippen molar-refractivity contribution in [3.63, 3.8) is 0 Å². The van der Waals surface area contributed by atoms with Crippen LogP contribution in [0.5, 0.6) is 0 Å². The van der Waals surface area contributed by atoms with E-state index in [1.807, 2.05) is 0 Å². The Morgan fingerprint density at radius 3 is 2.35 bits per heavy atom. The molecule has 0 aromatic rings. The predicted molar refractivity (Wildman–Crippen MR) is 60.7 cm³/mol. The number of carbonyl (C=O) groups excluding carboxylic acids is 2. The lowest BCUT2D eigenvalue weighted by atomic mass is 9.99. The Hall–Kier alpha value is -0.670. The number of β-lactam (4-membered cyclic amide) rings is 1. The lowest BCUT2D eigenvalue weighted by molar-refractivity contribution is -0.154. The zero-order valence-corrected chi connectivity index (χ0v) is 11.3. The third-order valence-corrected chi connectivity index (χ3v) is 4.62. The number of likely N-dealkylation sites (tertiary alicyclic amines) is 1. The van der Waals surface area contributed by atoms with Gasteiger partial charge in [-0.15, -0.1) is 0 Å². The molecular weight excluding hydrogens is 316 g/mol. The quantitative estimate of drug-likeness (QED) is 0.415. The maximum Gasteiger partial charge on any atom is 0.362 e. The third-order valence-electron chi connectivity index (χ3n) is 2.99. The first kappa shape index (κ1) is 12.8. The molecule has 2 rings (SSSR count). The van der Waals surface area contributed by atoms with E-state index in [1.54, 1.807) is 0 Å². The summed E-state index contributed by atoms with van der Waals surface area (Å²) in [5.74, 6) is -0.943. The normalized spacial score (nSPS) is 34.2. The molecule has 2 heterocycles. The molecule has 0 spiro atoms. The molecular formula is C8H11BrN2O5S. The molecule has 1 unspecified atom stereocenters. The molecule has 2 aliphatic rings. The average Bonchev–Trinajstić information content (AvgIpc) is 2.43. The van der Waals surface area contributed by atoms with Crippen LogP contribution in [0.4, 0.5) is 0 Å². The summed E-state index contributed by atoms with van der Waals surface area (Å²) in [6.07, 6.45) is 0.294. The number of alkyl halides is 1. The summed E-state index contributed by atoms with van der Waals surface area (Å²) in [5, 5.41) is 0. The lowest BCUT2D eigenvalue weighted by Gasteiger charge is -2.46. The van der Waals surface area contributed by atoms with Crippen LogP contribution in [0, 0.1) is 0 Å². The van der Waals surface area contributed by atoms with Gasteiger partial charge in [0.25, 0.3) is 5.91 Å². The minimum atomic E-state index is -4.52. The van der Waals surface area contributed by atoms with Crippen molar-refractivity contribution in [1.29, 1.82) is 0 Å². The summed E-state index contributed by atoms with van der Waals surface area (Å²) >= 11 is 3.28. The van der Waals surface area contributed by atoms with Gasteiger partial charge >= 0.3 is 10.3 Å². The van der Waals surface area contributed by atoms with E-state index in [2.05, 4.69) is 15.9 Å². The van der Waals surface area contributed by atoms with Gasteiger partial charge in [0, 0.05) is 17.8 Å². The Morgan fingerprint density at radius 1 is 1.41 bits per heavy atom. The standard InChI is InChI=1S/C8H11BrN2O5S/c1-4-7(8(13)11(4)17(14,15)16)10-3-5(9)2-6(10)12/h4-5,7H,2-3H2,1H3,(H,14,15,16)/t4-,5?,7-/m0/s1. The maximum absolute atomic E-state index is 11.6. The van der Waals surface area contributed by atoms with Crippen molar-refractivity contribution >= 4 is 38.0 Å². The van der Waals surface area contributed by atoms with Gasteiger partial charge in [-0.25, -0.2) is 4.31 Å². The van der Waals surface area contributed by atoms with E-state index in [4.69, 9.17) is 4.55 Å². The highest BCUT2D eigenvalue weighted by molar-refractivity contribution is 9.09. The predicted octanol–water partition coefficient (Wildman–Crippen LogP) is -0.616. The number of amides is 2. The summed E-state index contributed by atoms with van der Waals surface area (Å²) in [7, 11) is -4.52. The van der Waals surface area contributed by atoms with Crippen molar-refractivity contribution in [2.45, 2.75) is 30.3 Å². The fourth-order valence-corrected chi connectivity index (χ4v) is 3.72. The molecule has 96 valence electrons. The monoisotopic (exact) mass is 326 g/mol. The number of hydrogen-bond acceptors (Lipinski definition) is 4. The fraction of sp³-hybridized carbons (Fsp3) is 0.750. The molecule has 9 heteroatoms. The van der Waals surface area contributed by atoms with Gasteiger partial charge in [0.2, 0.25) is 5.91 Å². The highest BCUT2D eigenvalue weighted by atomic mass is 79.9. The number of hydrogen-bond donors (Lipinski definition) is 1. The smallest absolute Gasteiger partial charge is 0.327 e. The van der Waals surface area contributed by atoms with E-state index in [0.717, 1.165) is 0 Å². The lowest BCUT2D eigenvalue weighted by Crippen LogP contribution is -2.71. The van der Waals surface area contributed by atoms with E-state index in [-0.39, 0.29) is 10.7 Å². The first-order valence-electron chi connectivity index (χ1n) is 4.97. The first-order chi connectivity index (χ1) is 7.73. The van der Waals surface area contributed by atoms with E-state index in [9.17, 15) is 18.0 Å². The number of nitrogens with zero attached hydrogens (tertiary/aromatic N) is 2. The van der Waals surface area contributed by atoms with Crippen molar-refractivity contribution in [3.8, 4) is 0 Å². The molecule has 0 radical (unpaired) electrons. The van der Waals surface area contributed by atoms with Gasteiger partial charge in [-0.2, -0.15) is 8.42 Å². The molecule has 0 aromatic carbocycles. The molecule has 0 aromatic heterocycles. The van der Waals surface area contributed by atoms with Crippen LogP contribution in [-0.4, -0.2) is 57.4 Å². The first-order valence-corrected chi connectivity index (χ1v) is 7.29. The number of carbonyl (C=O) groups is 2. The van der Waals surface area contributed by atoms with E-state index in [1.165, 1.54) is 11.8 Å². The average molecular weight is 327 g/mol. The van der Waals surface area contributed by atoms with Gasteiger partial charge in [0.05, 0.1) is 6.04 Å². The van der Waals surface area contributed by atoms with Crippen molar-refractivity contribution in [3.05, 3.63) is 0 Å². The fourth-order valence-electron chi connectivity index (χ4n) is 2.26. The van der Waals surface area contributed by atoms with Crippen LogP contribution in [0.25, 0.3) is 0 Å². The zero-order valence-electron chi connectivity index (χ0n) is 8.91. The third kappa shape index (κ3) is 1.95. The second kappa shape index (κ2) is 3.92. The van der Waals surface area contributed by atoms with Crippen LogP contribution in [0.3, 0.4) is 0 Å².